The molecular weight excluding hydrogens is 299 g/mol. The lowest BCUT2D eigenvalue weighted by Crippen LogP contribution is -2.24. The van der Waals surface area contributed by atoms with Crippen LogP contribution in [0.5, 0.6) is 0 Å². The molecule has 0 aliphatic rings. The Morgan fingerprint density at radius 3 is 2.38 bits per heavy atom. The van der Waals surface area contributed by atoms with E-state index in [9.17, 15) is 13.2 Å². The van der Waals surface area contributed by atoms with Gasteiger partial charge in [-0.2, -0.15) is 0 Å². The highest BCUT2D eigenvalue weighted by atomic mass is 35.5. The smallest absolute Gasteiger partial charge is 0.129 e. The molecule has 2 rings (SSSR count). The second kappa shape index (κ2) is 6.96. The predicted molar refractivity (Wildman–Crippen MR) is 77.9 cm³/mol. The van der Waals surface area contributed by atoms with Crippen molar-refractivity contribution < 1.29 is 13.2 Å². The number of hydrogen-bond donors (Lipinski definition) is 1. The van der Waals surface area contributed by atoms with Crippen LogP contribution >= 0.6 is 11.6 Å². The molecule has 5 heteroatoms. The molecule has 0 bridgehead atoms. The second-order valence-electron chi connectivity index (χ2n) is 4.72. The van der Waals surface area contributed by atoms with Gasteiger partial charge in [-0.3, -0.25) is 0 Å². The van der Waals surface area contributed by atoms with Crippen molar-refractivity contribution in [2.45, 2.75) is 19.4 Å². The highest BCUT2D eigenvalue weighted by Gasteiger charge is 2.17. The molecule has 0 heterocycles. The van der Waals surface area contributed by atoms with Gasteiger partial charge in [0.2, 0.25) is 0 Å². The molecule has 0 spiro atoms. The maximum absolute atomic E-state index is 13.8. The summed E-state index contributed by atoms with van der Waals surface area (Å²) in [4.78, 5) is 0. The van der Waals surface area contributed by atoms with Crippen LogP contribution in [0.4, 0.5) is 13.2 Å². The van der Waals surface area contributed by atoms with E-state index in [1.165, 1.54) is 30.3 Å². The highest BCUT2D eigenvalue weighted by Crippen LogP contribution is 2.27. The summed E-state index contributed by atoms with van der Waals surface area (Å²) in [5.41, 5.74) is 0.907. The van der Waals surface area contributed by atoms with E-state index in [2.05, 4.69) is 5.32 Å². The predicted octanol–water partition coefficient (Wildman–Crippen LogP) is 4.65. The molecule has 0 aliphatic carbocycles. The first-order chi connectivity index (χ1) is 10.0. The van der Waals surface area contributed by atoms with Crippen LogP contribution in [0, 0.1) is 17.5 Å². The standard InChI is InChI=1S/C16H15ClF3N/c1-2-21-16(13-8-11(18)5-6-14(13)17)7-10-3-4-12(19)9-15(10)20/h3-6,8-9,16,21H,2,7H2,1H3. The van der Waals surface area contributed by atoms with Crippen molar-refractivity contribution in [1.29, 1.82) is 0 Å². The summed E-state index contributed by atoms with van der Waals surface area (Å²) < 4.78 is 40.1. The van der Waals surface area contributed by atoms with Gasteiger partial charge in [0, 0.05) is 17.1 Å². The van der Waals surface area contributed by atoms with Gasteiger partial charge in [0.05, 0.1) is 0 Å². The molecule has 0 radical (unpaired) electrons. The van der Waals surface area contributed by atoms with Crippen LogP contribution in [0.3, 0.4) is 0 Å². The van der Waals surface area contributed by atoms with Gasteiger partial charge in [-0.25, -0.2) is 13.2 Å². The fraction of sp³-hybridized carbons (Fsp3) is 0.250. The van der Waals surface area contributed by atoms with E-state index < -0.39 is 17.5 Å². The average molecular weight is 314 g/mol. The van der Waals surface area contributed by atoms with E-state index in [-0.39, 0.29) is 12.5 Å². The Hall–Kier alpha value is -1.52. The lowest BCUT2D eigenvalue weighted by atomic mass is 9.98. The minimum Gasteiger partial charge on any atom is -0.310 e. The molecule has 1 atom stereocenters. The zero-order valence-corrected chi connectivity index (χ0v) is 12.2. The van der Waals surface area contributed by atoms with Crippen LogP contribution in [0.15, 0.2) is 36.4 Å². The molecule has 21 heavy (non-hydrogen) atoms. The highest BCUT2D eigenvalue weighted by molar-refractivity contribution is 6.31. The van der Waals surface area contributed by atoms with E-state index in [0.29, 0.717) is 22.7 Å². The Bertz CT molecular complexity index is 631. The summed E-state index contributed by atoms with van der Waals surface area (Å²) in [5.74, 6) is -1.65. The van der Waals surface area contributed by atoms with Crippen LogP contribution in [0.2, 0.25) is 5.02 Å². The normalized spacial score (nSPS) is 12.4. The lowest BCUT2D eigenvalue weighted by molar-refractivity contribution is 0.518. The third-order valence-corrected chi connectivity index (χ3v) is 3.57. The minimum absolute atomic E-state index is 0.253. The number of likely N-dealkylation sites (N-methyl/N-ethyl adjacent to an activating group) is 1. The van der Waals surface area contributed by atoms with Gasteiger partial charge in [0.15, 0.2) is 0 Å². The molecule has 2 aromatic carbocycles. The maximum Gasteiger partial charge on any atom is 0.129 e. The Labute approximate surface area is 126 Å². The molecule has 1 nitrogen and oxygen atoms in total. The third kappa shape index (κ3) is 3.99. The zero-order valence-electron chi connectivity index (χ0n) is 11.5. The molecule has 0 aliphatic heterocycles. The summed E-state index contributed by atoms with van der Waals surface area (Å²) in [6.45, 7) is 2.50. The lowest BCUT2D eigenvalue weighted by Gasteiger charge is -2.20. The number of nitrogens with one attached hydrogen (secondary N) is 1. The SMILES string of the molecule is CCNC(Cc1ccc(F)cc1F)c1cc(F)ccc1Cl. The maximum atomic E-state index is 13.8. The summed E-state index contributed by atoms with van der Waals surface area (Å²) in [6.07, 6.45) is 0.253. The molecule has 1 unspecified atom stereocenters. The second-order valence-corrected chi connectivity index (χ2v) is 5.12. The van der Waals surface area contributed by atoms with Crippen molar-refractivity contribution in [1.82, 2.24) is 5.32 Å². The number of benzene rings is 2. The number of halogens is 4. The van der Waals surface area contributed by atoms with Crippen molar-refractivity contribution >= 4 is 11.6 Å². The largest absolute Gasteiger partial charge is 0.310 e. The summed E-state index contributed by atoms with van der Waals surface area (Å²) in [6, 6.07) is 7.16. The molecule has 2 aromatic rings. The van der Waals surface area contributed by atoms with Crippen LogP contribution < -0.4 is 5.32 Å². The van der Waals surface area contributed by atoms with E-state index >= 15 is 0 Å². The monoisotopic (exact) mass is 313 g/mol. The van der Waals surface area contributed by atoms with E-state index in [1.54, 1.807) is 0 Å². The molecular formula is C16H15ClF3N. The third-order valence-electron chi connectivity index (χ3n) is 3.22. The Morgan fingerprint density at radius 1 is 1.05 bits per heavy atom. The Kier molecular flexibility index (Phi) is 5.26. The quantitative estimate of drug-likeness (QED) is 0.847. The van der Waals surface area contributed by atoms with Gasteiger partial charge in [-0.05, 0) is 48.4 Å². The van der Waals surface area contributed by atoms with Gasteiger partial charge in [-0.15, -0.1) is 0 Å². The van der Waals surface area contributed by atoms with E-state index in [4.69, 9.17) is 11.6 Å². The molecule has 112 valence electrons. The first-order valence-corrected chi connectivity index (χ1v) is 7.01. The topological polar surface area (TPSA) is 12.0 Å². The van der Waals surface area contributed by atoms with Crippen LogP contribution in [-0.2, 0) is 6.42 Å². The van der Waals surface area contributed by atoms with Crippen molar-refractivity contribution in [3.8, 4) is 0 Å². The fourth-order valence-corrected chi connectivity index (χ4v) is 2.48. The Morgan fingerprint density at radius 2 is 1.71 bits per heavy atom. The van der Waals surface area contributed by atoms with Crippen molar-refractivity contribution in [2.24, 2.45) is 0 Å². The minimum atomic E-state index is -0.625. The molecule has 0 saturated heterocycles. The number of rotatable bonds is 5. The first-order valence-electron chi connectivity index (χ1n) is 6.63. The van der Waals surface area contributed by atoms with Crippen LogP contribution in [-0.4, -0.2) is 6.54 Å². The van der Waals surface area contributed by atoms with Gasteiger partial charge >= 0.3 is 0 Å². The summed E-state index contributed by atoms with van der Waals surface area (Å²) >= 11 is 6.10. The molecule has 1 N–H and O–H groups in total. The van der Waals surface area contributed by atoms with Gasteiger partial charge in [0.1, 0.15) is 17.5 Å². The van der Waals surface area contributed by atoms with Crippen molar-refractivity contribution in [3.05, 3.63) is 70.0 Å². The zero-order chi connectivity index (χ0) is 15.4. The summed E-state index contributed by atoms with van der Waals surface area (Å²) in [7, 11) is 0. The molecule has 0 saturated carbocycles. The molecule has 0 fully saturated rings. The Balaban J connectivity index is 2.32. The average Bonchev–Trinajstić information content (AvgIpc) is 2.44. The molecule has 0 aromatic heterocycles. The number of hydrogen-bond acceptors (Lipinski definition) is 1. The van der Waals surface area contributed by atoms with Crippen molar-refractivity contribution in [3.63, 3.8) is 0 Å². The van der Waals surface area contributed by atoms with Crippen LogP contribution in [0.25, 0.3) is 0 Å². The van der Waals surface area contributed by atoms with Crippen LogP contribution in [0.1, 0.15) is 24.1 Å². The van der Waals surface area contributed by atoms with E-state index in [0.717, 1.165) is 6.07 Å². The first kappa shape index (κ1) is 15.9. The molecule has 0 amide bonds. The van der Waals surface area contributed by atoms with Gasteiger partial charge < -0.3 is 5.32 Å². The fourth-order valence-electron chi connectivity index (χ4n) is 2.23. The van der Waals surface area contributed by atoms with E-state index in [1.807, 2.05) is 6.92 Å². The van der Waals surface area contributed by atoms with Crippen molar-refractivity contribution in [2.75, 3.05) is 6.54 Å². The van der Waals surface area contributed by atoms with Gasteiger partial charge in [0.25, 0.3) is 0 Å². The summed E-state index contributed by atoms with van der Waals surface area (Å²) in [5, 5.41) is 3.55. The van der Waals surface area contributed by atoms with Gasteiger partial charge in [-0.1, -0.05) is 24.6 Å².